The Morgan fingerprint density at radius 1 is 1.33 bits per heavy atom. The van der Waals surface area contributed by atoms with Crippen molar-refractivity contribution in [3.8, 4) is 0 Å². The number of fused-ring (bicyclic) bond motifs is 1. The first-order valence-electron chi connectivity index (χ1n) is 8.79. The van der Waals surface area contributed by atoms with Crippen LogP contribution in [0.1, 0.15) is 34.9 Å². The van der Waals surface area contributed by atoms with Crippen LogP contribution in [-0.2, 0) is 11.3 Å². The van der Waals surface area contributed by atoms with Crippen LogP contribution in [0.5, 0.6) is 0 Å². The summed E-state index contributed by atoms with van der Waals surface area (Å²) in [5, 5.41) is 6.53. The fraction of sp³-hybridized carbons (Fsp3) is 0.389. The van der Waals surface area contributed by atoms with Crippen LogP contribution in [0.4, 0.5) is 0 Å². The van der Waals surface area contributed by atoms with Crippen molar-refractivity contribution in [1.82, 2.24) is 25.3 Å². The van der Waals surface area contributed by atoms with Crippen LogP contribution in [0, 0.1) is 12.8 Å². The molecule has 0 bridgehead atoms. The van der Waals surface area contributed by atoms with Crippen LogP contribution < -0.4 is 5.32 Å². The Kier molecular flexibility index (Phi) is 4.85. The fourth-order valence-corrected chi connectivity index (χ4v) is 3.95. The topological polar surface area (TPSA) is 101 Å². The lowest BCUT2D eigenvalue weighted by Crippen LogP contribution is -2.42. The molecule has 4 rings (SSSR count). The smallest absolute Gasteiger partial charge is 0.253 e. The van der Waals surface area contributed by atoms with Gasteiger partial charge in [0.25, 0.3) is 5.91 Å². The van der Waals surface area contributed by atoms with Crippen molar-refractivity contribution >= 4 is 33.4 Å². The summed E-state index contributed by atoms with van der Waals surface area (Å²) in [6, 6.07) is 5.58. The Hall–Kier alpha value is -2.81. The number of likely N-dealkylation sites (tertiary alicyclic amines) is 1. The average molecular weight is 385 g/mol. The normalized spacial score (nSPS) is 15.2. The van der Waals surface area contributed by atoms with Crippen LogP contribution in [-0.4, -0.2) is 44.9 Å². The van der Waals surface area contributed by atoms with E-state index in [4.69, 9.17) is 4.52 Å². The van der Waals surface area contributed by atoms with Gasteiger partial charge in [0, 0.05) is 24.6 Å². The molecule has 0 spiro atoms. The lowest BCUT2D eigenvalue weighted by atomic mass is 9.95. The highest BCUT2D eigenvalue weighted by Gasteiger charge is 2.28. The van der Waals surface area contributed by atoms with Crippen LogP contribution in [0.25, 0.3) is 10.2 Å². The Balaban J connectivity index is 1.31. The van der Waals surface area contributed by atoms with Gasteiger partial charge >= 0.3 is 0 Å². The van der Waals surface area contributed by atoms with Crippen molar-refractivity contribution in [2.75, 3.05) is 13.1 Å². The van der Waals surface area contributed by atoms with E-state index in [0.717, 1.165) is 10.2 Å². The third-order valence-electron chi connectivity index (χ3n) is 4.71. The molecule has 0 radical (unpaired) electrons. The molecule has 8 nitrogen and oxygen atoms in total. The van der Waals surface area contributed by atoms with Gasteiger partial charge in [0.15, 0.2) is 5.82 Å². The number of hydrogen-bond donors (Lipinski definition) is 1. The van der Waals surface area contributed by atoms with Crippen molar-refractivity contribution in [3.63, 3.8) is 0 Å². The molecule has 2 aromatic heterocycles. The third kappa shape index (κ3) is 3.82. The number of carbonyl (C=O) groups is 2. The summed E-state index contributed by atoms with van der Waals surface area (Å²) in [6.07, 6.45) is 1.28. The molecule has 1 saturated heterocycles. The van der Waals surface area contributed by atoms with Gasteiger partial charge in [0.05, 0.1) is 22.3 Å². The summed E-state index contributed by atoms with van der Waals surface area (Å²) in [5.74, 6) is 0.797. The van der Waals surface area contributed by atoms with E-state index in [2.05, 4.69) is 20.4 Å². The predicted molar refractivity (Wildman–Crippen MR) is 99.1 cm³/mol. The minimum Gasteiger partial charge on any atom is -0.347 e. The molecule has 0 atom stereocenters. The molecule has 3 aromatic rings. The number of piperidine rings is 1. The van der Waals surface area contributed by atoms with E-state index in [9.17, 15) is 9.59 Å². The minimum absolute atomic E-state index is 0.00509. The highest BCUT2D eigenvalue weighted by Crippen LogP contribution is 2.23. The number of carbonyl (C=O) groups excluding carboxylic acids is 2. The number of nitrogens with zero attached hydrogens (tertiary/aromatic N) is 4. The zero-order valence-electron chi connectivity index (χ0n) is 14.8. The Labute approximate surface area is 159 Å². The van der Waals surface area contributed by atoms with Gasteiger partial charge in [-0.1, -0.05) is 5.16 Å². The first-order valence-corrected chi connectivity index (χ1v) is 9.67. The van der Waals surface area contributed by atoms with Crippen LogP contribution in [0.3, 0.4) is 0 Å². The summed E-state index contributed by atoms with van der Waals surface area (Å²) in [7, 11) is 0. The average Bonchev–Trinajstić information content (AvgIpc) is 3.33. The summed E-state index contributed by atoms with van der Waals surface area (Å²) in [6.45, 7) is 3.09. The molecule has 1 N–H and O–H groups in total. The van der Waals surface area contributed by atoms with E-state index in [1.54, 1.807) is 12.4 Å². The molecule has 140 valence electrons. The first kappa shape index (κ1) is 17.6. The highest BCUT2D eigenvalue weighted by atomic mass is 32.1. The van der Waals surface area contributed by atoms with Gasteiger partial charge in [-0.2, -0.15) is 4.98 Å². The monoisotopic (exact) mass is 385 g/mol. The number of nitrogens with one attached hydrogen (secondary N) is 1. The number of rotatable bonds is 4. The quantitative estimate of drug-likeness (QED) is 0.738. The van der Waals surface area contributed by atoms with Crippen molar-refractivity contribution in [2.24, 2.45) is 5.92 Å². The van der Waals surface area contributed by atoms with Gasteiger partial charge in [-0.15, -0.1) is 11.3 Å². The number of hydrogen-bond acceptors (Lipinski definition) is 7. The molecule has 0 saturated carbocycles. The second kappa shape index (κ2) is 7.43. The second-order valence-corrected chi connectivity index (χ2v) is 7.44. The number of aryl methyl sites for hydroxylation is 1. The molecule has 3 heterocycles. The lowest BCUT2D eigenvalue weighted by Gasteiger charge is -2.31. The number of amides is 2. The summed E-state index contributed by atoms with van der Waals surface area (Å²) < 4.78 is 6.00. The SMILES string of the molecule is Cc1noc(CNC(=O)C2CCN(C(=O)c3ccc4ncsc4c3)CC2)n1. The largest absolute Gasteiger partial charge is 0.347 e. The molecule has 2 amide bonds. The molecule has 0 aliphatic carbocycles. The summed E-state index contributed by atoms with van der Waals surface area (Å²) in [5.41, 5.74) is 3.35. The Morgan fingerprint density at radius 2 is 2.15 bits per heavy atom. The van der Waals surface area contributed by atoms with Gasteiger partial charge in [-0.25, -0.2) is 4.98 Å². The molecule has 0 unspecified atom stereocenters. The highest BCUT2D eigenvalue weighted by molar-refractivity contribution is 7.16. The number of thiazole rings is 1. The van der Waals surface area contributed by atoms with Gasteiger partial charge in [-0.05, 0) is 38.0 Å². The summed E-state index contributed by atoms with van der Waals surface area (Å²) in [4.78, 5) is 35.2. The predicted octanol–water partition coefficient (Wildman–Crippen LogP) is 2.16. The van der Waals surface area contributed by atoms with E-state index in [1.165, 1.54) is 11.3 Å². The number of benzene rings is 1. The van der Waals surface area contributed by atoms with Crippen molar-refractivity contribution in [2.45, 2.75) is 26.3 Å². The van der Waals surface area contributed by atoms with Gasteiger partial charge in [0.1, 0.15) is 0 Å². The number of aromatic nitrogens is 3. The van der Waals surface area contributed by atoms with Gasteiger partial charge < -0.3 is 14.7 Å². The van der Waals surface area contributed by atoms with Crippen molar-refractivity contribution < 1.29 is 14.1 Å². The van der Waals surface area contributed by atoms with Crippen LogP contribution >= 0.6 is 11.3 Å². The Bertz CT molecular complexity index is 974. The van der Waals surface area contributed by atoms with E-state index >= 15 is 0 Å². The van der Waals surface area contributed by atoms with Gasteiger partial charge in [-0.3, -0.25) is 9.59 Å². The molecule has 1 fully saturated rings. The zero-order valence-corrected chi connectivity index (χ0v) is 15.7. The van der Waals surface area contributed by atoms with Crippen LogP contribution in [0.2, 0.25) is 0 Å². The Morgan fingerprint density at radius 3 is 2.89 bits per heavy atom. The molecule has 1 aliphatic rings. The third-order valence-corrected chi connectivity index (χ3v) is 5.51. The maximum atomic E-state index is 12.7. The lowest BCUT2D eigenvalue weighted by molar-refractivity contribution is -0.126. The molecule has 27 heavy (non-hydrogen) atoms. The van der Waals surface area contributed by atoms with E-state index in [-0.39, 0.29) is 24.3 Å². The molecule has 1 aliphatic heterocycles. The fourth-order valence-electron chi connectivity index (χ4n) is 3.23. The van der Waals surface area contributed by atoms with E-state index in [1.807, 2.05) is 23.1 Å². The standard InChI is InChI=1S/C18H19N5O3S/c1-11-21-16(26-22-11)9-19-17(24)12-4-6-23(7-5-12)18(25)13-2-3-14-15(8-13)27-10-20-14/h2-3,8,10,12H,4-7,9H2,1H3,(H,19,24). The molecular weight excluding hydrogens is 366 g/mol. The van der Waals surface area contributed by atoms with E-state index in [0.29, 0.717) is 43.2 Å². The minimum atomic E-state index is -0.109. The maximum absolute atomic E-state index is 12.7. The van der Waals surface area contributed by atoms with Crippen molar-refractivity contribution in [3.05, 3.63) is 41.0 Å². The van der Waals surface area contributed by atoms with Gasteiger partial charge in [0.2, 0.25) is 11.8 Å². The zero-order chi connectivity index (χ0) is 18.8. The summed E-state index contributed by atoms with van der Waals surface area (Å²) >= 11 is 1.52. The molecule has 9 heteroatoms. The van der Waals surface area contributed by atoms with Crippen LogP contribution in [0.15, 0.2) is 28.2 Å². The first-order chi connectivity index (χ1) is 13.1. The van der Waals surface area contributed by atoms with E-state index < -0.39 is 0 Å². The molecule has 1 aromatic carbocycles. The maximum Gasteiger partial charge on any atom is 0.253 e. The molecular formula is C18H19N5O3S. The second-order valence-electron chi connectivity index (χ2n) is 6.55. The van der Waals surface area contributed by atoms with Crippen molar-refractivity contribution in [1.29, 1.82) is 0 Å².